The molecule has 0 unspecified atom stereocenters. The van der Waals surface area contributed by atoms with Gasteiger partial charge in [0.05, 0.1) is 0 Å². The summed E-state index contributed by atoms with van der Waals surface area (Å²) in [6.07, 6.45) is 1.49. The number of carbonyl (C=O) groups is 3. The molecule has 0 bridgehead atoms. The molecular weight excluding hydrogens is 476 g/mol. The lowest BCUT2D eigenvalue weighted by atomic mass is 10.0. The van der Waals surface area contributed by atoms with Gasteiger partial charge in [-0.15, -0.1) is 0 Å². The van der Waals surface area contributed by atoms with Gasteiger partial charge in [0, 0.05) is 42.9 Å². The highest BCUT2D eigenvalue weighted by Gasteiger charge is 2.39. The van der Waals surface area contributed by atoms with Crippen LogP contribution in [-0.2, 0) is 22.0 Å². The molecule has 3 rings (SSSR count). The Morgan fingerprint density at radius 2 is 1.77 bits per heavy atom. The maximum Gasteiger partial charge on any atom is 0.271 e. The minimum absolute atomic E-state index is 0.0451. The number of phenols is 2. The number of benzene rings is 2. The summed E-state index contributed by atoms with van der Waals surface area (Å²) in [4.78, 5) is 37.7. The van der Waals surface area contributed by atoms with Gasteiger partial charge in [-0.2, -0.15) is 5.10 Å². The summed E-state index contributed by atoms with van der Waals surface area (Å²) in [7, 11) is -2.96. The first-order valence-electron chi connectivity index (χ1n) is 10.7. The number of β-lactam (4-membered cyclic amide) rings is 1. The van der Waals surface area contributed by atoms with Gasteiger partial charge in [-0.1, -0.05) is 12.1 Å². The first-order chi connectivity index (χ1) is 16.5. The molecule has 186 valence electrons. The maximum atomic E-state index is 12.4. The summed E-state index contributed by atoms with van der Waals surface area (Å²) in [5.74, 6) is -1.87. The summed E-state index contributed by atoms with van der Waals surface area (Å²) in [5.41, 5.74) is 3.43. The Hall–Kier alpha value is -3.93. The fraction of sp³-hybridized carbons (Fsp3) is 0.304. The molecule has 1 saturated heterocycles. The van der Waals surface area contributed by atoms with E-state index in [1.54, 1.807) is 12.1 Å². The van der Waals surface area contributed by atoms with Crippen molar-refractivity contribution < 1.29 is 33.0 Å². The Morgan fingerprint density at radius 3 is 2.34 bits per heavy atom. The molecule has 4 N–H and O–H groups in total. The van der Waals surface area contributed by atoms with Crippen LogP contribution in [0.5, 0.6) is 11.5 Å². The zero-order valence-electron chi connectivity index (χ0n) is 19.1. The molecule has 2 aromatic rings. The zero-order valence-corrected chi connectivity index (χ0v) is 20.0. The second kappa shape index (κ2) is 10.6. The van der Waals surface area contributed by atoms with Gasteiger partial charge in [0.25, 0.3) is 11.8 Å². The van der Waals surface area contributed by atoms with Crippen molar-refractivity contribution in [1.29, 1.82) is 0 Å². The lowest BCUT2D eigenvalue weighted by Crippen LogP contribution is -2.57. The number of aromatic hydroxyl groups is 2. The molecular formula is C23H26N4O7S. The van der Waals surface area contributed by atoms with E-state index in [1.807, 2.05) is 6.92 Å². The summed E-state index contributed by atoms with van der Waals surface area (Å²) in [6.45, 7) is 3.36. The van der Waals surface area contributed by atoms with Crippen molar-refractivity contribution in [3.05, 3.63) is 59.2 Å². The lowest BCUT2D eigenvalue weighted by Gasteiger charge is -2.41. The highest BCUT2D eigenvalue weighted by Crippen LogP contribution is 2.25. The average molecular weight is 503 g/mol. The largest absolute Gasteiger partial charge is 0.504 e. The summed E-state index contributed by atoms with van der Waals surface area (Å²) >= 11 is 0. The zero-order chi connectivity index (χ0) is 25.8. The van der Waals surface area contributed by atoms with Crippen LogP contribution in [0, 0.1) is 0 Å². The van der Waals surface area contributed by atoms with Crippen LogP contribution in [0.2, 0.25) is 0 Å². The average Bonchev–Trinajstić information content (AvgIpc) is 2.83. The van der Waals surface area contributed by atoms with E-state index in [-0.39, 0.29) is 41.9 Å². The fourth-order valence-corrected chi connectivity index (χ4v) is 3.79. The number of nitrogens with zero attached hydrogens (tertiary/aromatic N) is 2. The van der Waals surface area contributed by atoms with Crippen LogP contribution in [-0.4, -0.2) is 64.8 Å². The van der Waals surface area contributed by atoms with Gasteiger partial charge in [-0.3, -0.25) is 14.4 Å². The van der Waals surface area contributed by atoms with E-state index in [0.29, 0.717) is 12.0 Å². The van der Waals surface area contributed by atoms with Crippen molar-refractivity contribution in [3.63, 3.8) is 0 Å². The summed E-state index contributed by atoms with van der Waals surface area (Å²) in [5, 5.41) is 25.3. The summed E-state index contributed by atoms with van der Waals surface area (Å²) in [6, 6.07) is 9.98. The second-order valence-corrected chi connectivity index (χ2v) is 10.0. The van der Waals surface area contributed by atoms with Crippen LogP contribution in [0.25, 0.3) is 0 Å². The molecule has 1 aliphatic heterocycles. The second-order valence-electron chi connectivity index (χ2n) is 8.47. The first-order valence-corrected chi connectivity index (χ1v) is 11.9. The smallest absolute Gasteiger partial charge is 0.271 e. The van der Waals surface area contributed by atoms with Crippen molar-refractivity contribution in [1.82, 2.24) is 15.6 Å². The van der Waals surface area contributed by atoms with E-state index in [4.69, 9.17) is 0 Å². The number of rotatable bonds is 9. The SMILES string of the molecule is C[C@@H]1CC(=O)N1C[C@](C)(/C=N/NC(=O)c1ccc(CNC(=O)c2ccc(O)c(O)c2)cc1)[SH](=O)=O. The molecule has 12 heteroatoms. The number of hydrogen-bond acceptors (Lipinski definition) is 8. The number of hydrazone groups is 1. The van der Waals surface area contributed by atoms with Crippen molar-refractivity contribution in [2.24, 2.45) is 5.10 Å². The molecule has 0 aliphatic carbocycles. The van der Waals surface area contributed by atoms with Gasteiger partial charge in [0.2, 0.25) is 5.91 Å². The van der Waals surface area contributed by atoms with Crippen LogP contribution >= 0.6 is 0 Å². The number of nitrogens with one attached hydrogen (secondary N) is 2. The van der Waals surface area contributed by atoms with Gasteiger partial charge < -0.3 is 20.4 Å². The molecule has 35 heavy (non-hydrogen) atoms. The predicted octanol–water partition coefficient (Wildman–Crippen LogP) is 0.734. The monoisotopic (exact) mass is 502 g/mol. The Labute approximate surface area is 203 Å². The normalized spacial score (nSPS) is 17.2. The van der Waals surface area contributed by atoms with Gasteiger partial charge >= 0.3 is 0 Å². The van der Waals surface area contributed by atoms with Gasteiger partial charge in [0.1, 0.15) is 4.75 Å². The van der Waals surface area contributed by atoms with Crippen molar-refractivity contribution in [2.75, 3.05) is 6.54 Å². The van der Waals surface area contributed by atoms with Crippen molar-refractivity contribution in [2.45, 2.75) is 37.6 Å². The number of hydrogen-bond donors (Lipinski definition) is 5. The third-order valence-electron chi connectivity index (χ3n) is 5.65. The highest BCUT2D eigenvalue weighted by molar-refractivity contribution is 7.75. The van der Waals surface area contributed by atoms with Crippen molar-refractivity contribution >= 4 is 34.6 Å². The Bertz CT molecular complexity index is 1230. The Balaban J connectivity index is 1.55. The third-order valence-corrected chi connectivity index (χ3v) is 6.74. The van der Waals surface area contributed by atoms with Crippen LogP contribution in [0.15, 0.2) is 47.6 Å². The fourth-order valence-electron chi connectivity index (χ4n) is 3.37. The Morgan fingerprint density at radius 1 is 1.11 bits per heavy atom. The molecule has 1 aliphatic rings. The number of likely N-dealkylation sites (tertiary alicyclic amines) is 1. The first kappa shape index (κ1) is 25.7. The molecule has 0 saturated carbocycles. The molecule has 0 radical (unpaired) electrons. The minimum Gasteiger partial charge on any atom is -0.504 e. The van der Waals surface area contributed by atoms with Gasteiger partial charge in [0.15, 0.2) is 22.2 Å². The molecule has 1 heterocycles. The Kier molecular flexibility index (Phi) is 7.75. The van der Waals surface area contributed by atoms with Gasteiger partial charge in [-0.05, 0) is 49.7 Å². The number of amides is 3. The van der Waals surface area contributed by atoms with Crippen LogP contribution in [0.4, 0.5) is 0 Å². The van der Waals surface area contributed by atoms with E-state index >= 15 is 0 Å². The van der Waals surface area contributed by atoms with E-state index in [2.05, 4.69) is 15.8 Å². The van der Waals surface area contributed by atoms with Gasteiger partial charge in [-0.25, -0.2) is 13.8 Å². The molecule has 2 aromatic carbocycles. The highest BCUT2D eigenvalue weighted by atomic mass is 32.2. The van der Waals surface area contributed by atoms with Crippen LogP contribution < -0.4 is 10.7 Å². The van der Waals surface area contributed by atoms with E-state index in [9.17, 15) is 33.0 Å². The summed E-state index contributed by atoms with van der Waals surface area (Å²) < 4.78 is 22.1. The number of thiol groups is 1. The quantitative estimate of drug-likeness (QED) is 0.111. The molecule has 1 fully saturated rings. The van der Waals surface area contributed by atoms with Crippen LogP contribution in [0.1, 0.15) is 46.5 Å². The van der Waals surface area contributed by atoms with E-state index in [1.165, 1.54) is 36.1 Å². The maximum absolute atomic E-state index is 12.4. The predicted molar refractivity (Wildman–Crippen MR) is 128 cm³/mol. The van der Waals surface area contributed by atoms with E-state index in [0.717, 1.165) is 12.3 Å². The van der Waals surface area contributed by atoms with E-state index < -0.39 is 33.0 Å². The molecule has 11 nitrogen and oxygen atoms in total. The molecule has 2 atom stereocenters. The molecule has 0 aromatic heterocycles. The lowest BCUT2D eigenvalue weighted by molar-refractivity contribution is -0.145. The number of carbonyl (C=O) groups excluding carboxylic acids is 3. The standard InChI is InChI=1S/C23H26N4O7S/c1-14-9-20(30)27(14)13-23(2,35(33)34)12-25-26-22(32)16-5-3-15(4-6-16)11-24-21(31)17-7-8-18(28)19(29)10-17/h3-8,10,12,14,28-29,35H,9,11,13H2,1-2H3,(H,24,31)(H,26,32)/b25-12+/t14-,23+/m1/s1. The molecule has 0 spiro atoms. The molecule has 3 amide bonds. The topological polar surface area (TPSA) is 165 Å². The van der Waals surface area contributed by atoms with Crippen LogP contribution in [0.3, 0.4) is 0 Å². The number of phenolic OH excluding ortho intramolecular Hbond substituents is 2. The third kappa shape index (κ3) is 6.15. The minimum atomic E-state index is -2.96. The van der Waals surface area contributed by atoms with Crippen molar-refractivity contribution in [3.8, 4) is 11.5 Å².